The number of hydrogen-bond acceptors (Lipinski definition) is 3. The molecule has 0 fully saturated rings. The molecule has 1 aliphatic heterocycles. The van der Waals surface area contributed by atoms with Gasteiger partial charge < -0.3 is 16.2 Å². The molecule has 1 atom stereocenters. The van der Waals surface area contributed by atoms with Crippen molar-refractivity contribution in [2.24, 2.45) is 11.1 Å². The Balaban J connectivity index is 2.34. The van der Waals surface area contributed by atoms with Crippen LogP contribution in [0.4, 0.5) is 5.69 Å². The minimum Gasteiger partial charge on any atom is -0.481 e. The highest BCUT2D eigenvalue weighted by molar-refractivity contribution is 5.99. The second-order valence-electron chi connectivity index (χ2n) is 5.15. The van der Waals surface area contributed by atoms with E-state index in [4.69, 9.17) is 10.8 Å². The Bertz CT molecular complexity index is 523. The van der Waals surface area contributed by atoms with Gasteiger partial charge in [0.25, 0.3) is 0 Å². The van der Waals surface area contributed by atoms with Crippen molar-refractivity contribution in [2.75, 3.05) is 5.32 Å². The molecule has 0 radical (unpaired) electrons. The molecular formula is C13H16N2O3. The Hall–Kier alpha value is -1.88. The maximum Gasteiger partial charge on any atom is 0.311 e. The molecule has 18 heavy (non-hydrogen) atoms. The summed E-state index contributed by atoms with van der Waals surface area (Å²) in [6, 6.07) is 4.73. The number of amides is 1. The molecule has 1 aromatic carbocycles. The van der Waals surface area contributed by atoms with Gasteiger partial charge in [-0.15, -0.1) is 0 Å². The first-order valence-corrected chi connectivity index (χ1v) is 5.74. The summed E-state index contributed by atoms with van der Waals surface area (Å²) >= 11 is 0. The number of rotatable bonds is 3. The Labute approximate surface area is 105 Å². The first-order valence-electron chi connectivity index (χ1n) is 5.74. The Morgan fingerprint density at radius 1 is 1.50 bits per heavy atom. The van der Waals surface area contributed by atoms with Crippen molar-refractivity contribution in [2.45, 2.75) is 26.3 Å². The molecule has 0 saturated heterocycles. The van der Waals surface area contributed by atoms with E-state index < -0.39 is 17.4 Å². The molecule has 1 unspecified atom stereocenters. The third-order valence-electron chi connectivity index (χ3n) is 3.44. The largest absolute Gasteiger partial charge is 0.481 e. The molecule has 4 N–H and O–H groups in total. The number of hydrogen-bond donors (Lipinski definition) is 3. The van der Waals surface area contributed by atoms with E-state index in [0.717, 1.165) is 16.8 Å². The van der Waals surface area contributed by atoms with E-state index in [9.17, 15) is 9.59 Å². The van der Waals surface area contributed by atoms with E-state index in [1.807, 2.05) is 6.07 Å². The maximum atomic E-state index is 11.2. The van der Waals surface area contributed by atoms with Crippen LogP contribution in [0, 0.1) is 5.41 Å². The fourth-order valence-corrected chi connectivity index (χ4v) is 1.99. The lowest BCUT2D eigenvalue weighted by Crippen LogP contribution is -2.36. The topological polar surface area (TPSA) is 92.4 Å². The first kappa shape index (κ1) is 12.6. The summed E-state index contributed by atoms with van der Waals surface area (Å²) in [5.74, 6) is -0.988. The van der Waals surface area contributed by atoms with Crippen LogP contribution in [0.15, 0.2) is 18.2 Å². The number of nitrogens with one attached hydrogen (secondary N) is 1. The molecule has 0 aliphatic carbocycles. The second kappa shape index (κ2) is 4.10. The minimum atomic E-state index is -1.05. The third-order valence-corrected chi connectivity index (χ3v) is 3.44. The van der Waals surface area contributed by atoms with Gasteiger partial charge in [0.05, 0.1) is 11.8 Å². The predicted octanol–water partition coefficient (Wildman–Crippen LogP) is 1.29. The van der Waals surface area contributed by atoms with Gasteiger partial charge in [-0.25, -0.2) is 0 Å². The Kier molecular flexibility index (Phi) is 2.86. The molecule has 1 aliphatic rings. The molecule has 96 valence electrons. The van der Waals surface area contributed by atoms with Crippen LogP contribution < -0.4 is 11.1 Å². The normalized spacial score (nSPS) is 16.1. The molecule has 1 aromatic rings. The van der Waals surface area contributed by atoms with E-state index in [-0.39, 0.29) is 5.91 Å². The van der Waals surface area contributed by atoms with Gasteiger partial charge >= 0.3 is 5.97 Å². The van der Waals surface area contributed by atoms with Gasteiger partial charge in [0.2, 0.25) is 5.91 Å². The number of carbonyl (C=O) groups excluding carboxylic acids is 1. The van der Waals surface area contributed by atoms with E-state index in [0.29, 0.717) is 6.42 Å². The Morgan fingerprint density at radius 3 is 2.78 bits per heavy atom. The number of fused-ring (bicyclic) bond motifs is 1. The van der Waals surface area contributed by atoms with Crippen molar-refractivity contribution >= 4 is 17.6 Å². The molecule has 0 aromatic heterocycles. The van der Waals surface area contributed by atoms with Crippen molar-refractivity contribution in [1.29, 1.82) is 0 Å². The average Bonchev–Trinajstić information content (AvgIpc) is 2.66. The lowest BCUT2D eigenvalue weighted by atomic mass is 9.80. The summed E-state index contributed by atoms with van der Waals surface area (Å²) < 4.78 is 0. The standard InChI is InChI=1S/C13H16N2O3/c1-13(2,12(17)18)11(14)7-3-4-9-8(5-7)6-10(16)15-9/h3-5,11H,6,14H2,1-2H3,(H,15,16)(H,17,18). The molecule has 1 amide bonds. The molecule has 5 nitrogen and oxygen atoms in total. The van der Waals surface area contributed by atoms with Crippen molar-refractivity contribution < 1.29 is 14.7 Å². The lowest BCUT2D eigenvalue weighted by molar-refractivity contribution is -0.148. The quantitative estimate of drug-likeness (QED) is 0.751. The summed E-state index contributed by atoms with van der Waals surface area (Å²) in [6.45, 7) is 3.19. The molecule has 0 bridgehead atoms. The van der Waals surface area contributed by atoms with Gasteiger partial charge in [-0.2, -0.15) is 0 Å². The van der Waals surface area contributed by atoms with E-state index in [2.05, 4.69) is 5.32 Å². The van der Waals surface area contributed by atoms with Gasteiger partial charge in [0.1, 0.15) is 0 Å². The molecule has 5 heteroatoms. The SMILES string of the molecule is CC(C)(C(=O)O)C(N)c1ccc2c(c1)CC(=O)N2. The van der Waals surface area contributed by atoms with Crippen LogP contribution in [-0.2, 0) is 16.0 Å². The highest BCUT2D eigenvalue weighted by Crippen LogP contribution is 2.34. The first-order chi connectivity index (χ1) is 8.32. The van der Waals surface area contributed by atoms with Crippen LogP contribution in [-0.4, -0.2) is 17.0 Å². The lowest BCUT2D eigenvalue weighted by Gasteiger charge is -2.27. The molecule has 2 rings (SSSR count). The van der Waals surface area contributed by atoms with E-state index in [1.54, 1.807) is 26.0 Å². The van der Waals surface area contributed by atoms with Crippen LogP contribution in [0.5, 0.6) is 0 Å². The van der Waals surface area contributed by atoms with Crippen molar-refractivity contribution in [1.82, 2.24) is 0 Å². The van der Waals surface area contributed by atoms with Crippen molar-refractivity contribution in [3.63, 3.8) is 0 Å². The van der Waals surface area contributed by atoms with Crippen LogP contribution in [0.3, 0.4) is 0 Å². The highest BCUT2D eigenvalue weighted by Gasteiger charge is 2.36. The zero-order valence-electron chi connectivity index (χ0n) is 10.4. The number of aliphatic carboxylic acids is 1. The monoisotopic (exact) mass is 248 g/mol. The summed E-state index contributed by atoms with van der Waals surface area (Å²) in [7, 11) is 0. The molecule has 0 saturated carbocycles. The zero-order chi connectivity index (χ0) is 13.5. The smallest absolute Gasteiger partial charge is 0.311 e. The highest BCUT2D eigenvalue weighted by atomic mass is 16.4. The third kappa shape index (κ3) is 1.97. The summed E-state index contributed by atoms with van der Waals surface area (Å²) in [5.41, 5.74) is 7.35. The van der Waals surface area contributed by atoms with Gasteiger partial charge in [0.15, 0.2) is 0 Å². The van der Waals surface area contributed by atoms with Crippen LogP contribution in [0.25, 0.3) is 0 Å². The number of carboxylic acid groups (broad SMARTS) is 1. The van der Waals surface area contributed by atoms with E-state index in [1.165, 1.54) is 0 Å². The molecule has 1 heterocycles. The van der Waals surface area contributed by atoms with Gasteiger partial charge in [-0.3, -0.25) is 9.59 Å². The predicted molar refractivity (Wildman–Crippen MR) is 67.1 cm³/mol. The van der Waals surface area contributed by atoms with E-state index >= 15 is 0 Å². The maximum absolute atomic E-state index is 11.2. The van der Waals surface area contributed by atoms with Crippen LogP contribution in [0.2, 0.25) is 0 Å². The molecule has 0 spiro atoms. The number of benzene rings is 1. The summed E-state index contributed by atoms with van der Waals surface area (Å²) in [6.07, 6.45) is 0.323. The van der Waals surface area contributed by atoms with Crippen molar-refractivity contribution in [3.8, 4) is 0 Å². The van der Waals surface area contributed by atoms with Crippen LogP contribution in [0.1, 0.15) is 31.0 Å². The number of anilines is 1. The summed E-state index contributed by atoms with van der Waals surface area (Å²) in [5, 5.41) is 11.9. The summed E-state index contributed by atoms with van der Waals surface area (Å²) in [4.78, 5) is 22.4. The van der Waals surface area contributed by atoms with Gasteiger partial charge in [0, 0.05) is 11.7 Å². The second-order valence-corrected chi connectivity index (χ2v) is 5.15. The molecular weight excluding hydrogens is 232 g/mol. The zero-order valence-corrected chi connectivity index (χ0v) is 10.4. The van der Waals surface area contributed by atoms with Crippen LogP contribution >= 0.6 is 0 Å². The fraction of sp³-hybridized carbons (Fsp3) is 0.385. The number of carbonyl (C=O) groups is 2. The number of carboxylic acids is 1. The average molecular weight is 248 g/mol. The van der Waals surface area contributed by atoms with Gasteiger partial charge in [-0.1, -0.05) is 12.1 Å². The minimum absolute atomic E-state index is 0.0479. The van der Waals surface area contributed by atoms with Gasteiger partial charge in [-0.05, 0) is 31.0 Å². The fourth-order valence-electron chi connectivity index (χ4n) is 1.99. The Morgan fingerprint density at radius 2 is 2.17 bits per heavy atom. The number of nitrogens with two attached hydrogens (primary N) is 1. The van der Waals surface area contributed by atoms with Crippen molar-refractivity contribution in [3.05, 3.63) is 29.3 Å².